The smallest absolute Gasteiger partial charge is 0.172 e. The predicted octanol–water partition coefficient (Wildman–Crippen LogP) is 2.17. The topological polar surface area (TPSA) is 71.1 Å². The maximum absolute atomic E-state index is 13.5. The standard InChI is InChI=1S/C15H22FN3O2/c1-10(11-3-4-11)19(7-8-21-2)14-6-5-12(16)9-13(14)15(17)18-20/h5-6,9-11,20H,3-4,7-8H2,1-2H3,(H2,17,18). The summed E-state index contributed by atoms with van der Waals surface area (Å²) in [6, 6.07) is 4.67. The maximum Gasteiger partial charge on any atom is 0.172 e. The SMILES string of the molecule is COCCN(c1ccc(F)cc1C(N)=NO)C(C)C1CC1. The summed E-state index contributed by atoms with van der Waals surface area (Å²) in [4.78, 5) is 2.15. The fourth-order valence-electron chi connectivity index (χ4n) is 2.58. The lowest BCUT2D eigenvalue weighted by Gasteiger charge is -2.33. The molecule has 1 aromatic carbocycles. The third-order valence-corrected chi connectivity index (χ3v) is 3.98. The number of hydrogen-bond donors (Lipinski definition) is 2. The Kier molecular flexibility index (Phi) is 5.01. The van der Waals surface area contributed by atoms with Gasteiger partial charge in [-0.2, -0.15) is 0 Å². The van der Waals surface area contributed by atoms with E-state index in [4.69, 9.17) is 15.7 Å². The van der Waals surface area contributed by atoms with Gasteiger partial charge >= 0.3 is 0 Å². The Morgan fingerprint density at radius 3 is 2.86 bits per heavy atom. The van der Waals surface area contributed by atoms with Gasteiger partial charge in [0.25, 0.3) is 0 Å². The molecule has 0 saturated heterocycles. The van der Waals surface area contributed by atoms with Crippen molar-refractivity contribution < 1.29 is 14.3 Å². The van der Waals surface area contributed by atoms with Gasteiger partial charge in [0.1, 0.15) is 5.82 Å². The largest absolute Gasteiger partial charge is 0.409 e. The number of ether oxygens (including phenoxy) is 1. The van der Waals surface area contributed by atoms with E-state index < -0.39 is 5.82 Å². The van der Waals surface area contributed by atoms with Crippen molar-refractivity contribution in [1.29, 1.82) is 0 Å². The molecule has 21 heavy (non-hydrogen) atoms. The Balaban J connectivity index is 2.37. The first kappa shape index (κ1) is 15.6. The summed E-state index contributed by atoms with van der Waals surface area (Å²) < 4.78 is 18.7. The summed E-state index contributed by atoms with van der Waals surface area (Å²) >= 11 is 0. The van der Waals surface area contributed by atoms with Gasteiger partial charge < -0.3 is 20.6 Å². The average Bonchev–Trinajstić information content (AvgIpc) is 3.32. The molecule has 0 aliphatic heterocycles. The van der Waals surface area contributed by atoms with Crippen molar-refractivity contribution in [2.75, 3.05) is 25.2 Å². The molecule has 1 aliphatic carbocycles. The molecule has 0 spiro atoms. The van der Waals surface area contributed by atoms with Crippen molar-refractivity contribution in [3.63, 3.8) is 0 Å². The summed E-state index contributed by atoms with van der Waals surface area (Å²) in [6.07, 6.45) is 2.40. The molecule has 1 fully saturated rings. The summed E-state index contributed by atoms with van der Waals surface area (Å²) in [5, 5.41) is 11.9. The molecule has 1 unspecified atom stereocenters. The van der Waals surface area contributed by atoms with Crippen LogP contribution in [0.1, 0.15) is 25.3 Å². The van der Waals surface area contributed by atoms with E-state index in [1.54, 1.807) is 13.2 Å². The van der Waals surface area contributed by atoms with Crippen molar-refractivity contribution in [3.05, 3.63) is 29.6 Å². The molecule has 0 radical (unpaired) electrons. The first-order valence-electron chi connectivity index (χ1n) is 7.11. The van der Waals surface area contributed by atoms with Gasteiger partial charge in [0.2, 0.25) is 0 Å². The molecule has 0 bridgehead atoms. The van der Waals surface area contributed by atoms with Crippen LogP contribution in [0.25, 0.3) is 0 Å². The van der Waals surface area contributed by atoms with Crippen LogP contribution in [0.3, 0.4) is 0 Å². The number of halogens is 1. The Morgan fingerprint density at radius 2 is 2.29 bits per heavy atom. The highest BCUT2D eigenvalue weighted by Gasteiger charge is 2.33. The predicted molar refractivity (Wildman–Crippen MR) is 80.3 cm³/mol. The van der Waals surface area contributed by atoms with E-state index in [1.165, 1.54) is 25.0 Å². The van der Waals surface area contributed by atoms with Gasteiger partial charge in [0, 0.05) is 30.9 Å². The van der Waals surface area contributed by atoms with Crippen LogP contribution in [0.4, 0.5) is 10.1 Å². The van der Waals surface area contributed by atoms with Crippen molar-refractivity contribution >= 4 is 11.5 Å². The number of oxime groups is 1. The first-order valence-corrected chi connectivity index (χ1v) is 7.11. The highest BCUT2D eigenvalue weighted by molar-refractivity contribution is 6.02. The number of nitrogens with zero attached hydrogens (tertiary/aromatic N) is 2. The van der Waals surface area contributed by atoms with Crippen LogP contribution in [0.15, 0.2) is 23.4 Å². The molecule has 1 saturated carbocycles. The van der Waals surface area contributed by atoms with Crippen LogP contribution in [-0.2, 0) is 4.74 Å². The minimum absolute atomic E-state index is 0.0880. The summed E-state index contributed by atoms with van der Waals surface area (Å²) in [6.45, 7) is 3.38. The Morgan fingerprint density at radius 1 is 1.57 bits per heavy atom. The number of nitrogens with two attached hydrogens (primary N) is 1. The van der Waals surface area contributed by atoms with E-state index in [0.717, 1.165) is 5.69 Å². The highest BCUT2D eigenvalue weighted by atomic mass is 19.1. The van der Waals surface area contributed by atoms with Crippen molar-refractivity contribution in [1.82, 2.24) is 0 Å². The van der Waals surface area contributed by atoms with E-state index in [9.17, 15) is 4.39 Å². The zero-order chi connectivity index (χ0) is 15.4. The van der Waals surface area contributed by atoms with Gasteiger partial charge in [0.15, 0.2) is 5.84 Å². The maximum atomic E-state index is 13.5. The molecule has 0 aromatic heterocycles. The monoisotopic (exact) mass is 295 g/mol. The molecule has 1 aromatic rings. The molecule has 3 N–H and O–H groups in total. The van der Waals surface area contributed by atoms with Gasteiger partial charge in [0.05, 0.1) is 6.61 Å². The normalized spacial score (nSPS) is 16.8. The van der Waals surface area contributed by atoms with Gasteiger partial charge in [-0.15, -0.1) is 0 Å². The number of methoxy groups -OCH3 is 1. The molecule has 116 valence electrons. The summed E-state index contributed by atoms with van der Waals surface area (Å²) in [7, 11) is 1.65. The van der Waals surface area contributed by atoms with Crippen LogP contribution in [-0.4, -0.2) is 37.3 Å². The summed E-state index contributed by atoms with van der Waals surface area (Å²) in [5.74, 6) is 0.132. The van der Waals surface area contributed by atoms with Crippen molar-refractivity contribution in [3.8, 4) is 0 Å². The van der Waals surface area contributed by atoms with Crippen LogP contribution < -0.4 is 10.6 Å². The molecular formula is C15H22FN3O2. The van der Waals surface area contributed by atoms with Gasteiger partial charge in [-0.3, -0.25) is 0 Å². The van der Waals surface area contributed by atoms with Crippen LogP contribution in [0, 0.1) is 11.7 Å². The van der Waals surface area contributed by atoms with E-state index in [1.807, 2.05) is 0 Å². The number of benzene rings is 1. The number of rotatable bonds is 7. The third kappa shape index (κ3) is 3.64. The number of amidine groups is 1. The Labute approximate surface area is 124 Å². The molecule has 1 aliphatic rings. The first-order chi connectivity index (χ1) is 10.1. The quantitative estimate of drug-likeness (QED) is 0.350. The van der Waals surface area contributed by atoms with E-state index in [-0.39, 0.29) is 5.84 Å². The molecule has 6 heteroatoms. The lowest BCUT2D eigenvalue weighted by Crippen LogP contribution is -2.38. The third-order valence-electron chi connectivity index (χ3n) is 3.98. The Hall–Kier alpha value is -1.82. The van der Waals surface area contributed by atoms with Gasteiger partial charge in [-0.25, -0.2) is 4.39 Å². The second kappa shape index (κ2) is 6.76. The van der Waals surface area contributed by atoms with Gasteiger partial charge in [-0.1, -0.05) is 5.16 Å². The van der Waals surface area contributed by atoms with Gasteiger partial charge in [-0.05, 0) is 43.9 Å². The van der Waals surface area contributed by atoms with Crippen LogP contribution in [0.5, 0.6) is 0 Å². The second-order valence-electron chi connectivity index (χ2n) is 5.41. The van der Waals surface area contributed by atoms with Crippen LogP contribution >= 0.6 is 0 Å². The lowest BCUT2D eigenvalue weighted by atomic mass is 10.1. The minimum Gasteiger partial charge on any atom is -0.409 e. The molecule has 2 rings (SSSR count). The number of hydrogen-bond acceptors (Lipinski definition) is 4. The van der Waals surface area contributed by atoms with Crippen molar-refractivity contribution in [2.45, 2.75) is 25.8 Å². The lowest BCUT2D eigenvalue weighted by molar-refractivity contribution is 0.202. The van der Waals surface area contributed by atoms with E-state index >= 15 is 0 Å². The highest BCUT2D eigenvalue weighted by Crippen LogP contribution is 2.37. The molecule has 0 heterocycles. The van der Waals surface area contributed by atoms with E-state index in [2.05, 4.69) is 17.0 Å². The van der Waals surface area contributed by atoms with Crippen LogP contribution in [0.2, 0.25) is 0 Å². The summed E-state index contributed by atoms with van der Waals surface area (Å²) in [5.41, 5.74) is 6.87. The molecular weight excluding hydrogens is 273 g/mol. The zero-order valence-electron chi connectivity index (χ0n) is 12.4. The minimum atomic E-state index is -0.411. The molecule has 1 atom stereocenters. The second-order valence-corrected chi connectivity index (χ2v) is 5.41. The van der Waals surface area contributed by atoms with E-state index in [0.29, 0.717) is 30.7 Å². The Bertz CT molecular complexity index is 518. The number of anilines is 1. The zero-order valence-corrected chi connectivity index (χ0v) is 12.4. The van der Waals surface area contributed by atoms with Crippen molar-refractivity contribution in [2.24, 2.45) is 16.8 Å². The average molecular weight is 295 g/mol. The fraction of sp³-hybridized carbons (Fsp3) is 0.533. The molecule has 5 nitrogen and oxygen atoms in total. The molecule has 0 amide bonds. The fourth-order valence-corrected chi connectivity index (χ4v) is 2.58.